The zero-order valence-corrected chi connectivity index (χ0v) is 5.18. The van der Waals surface area contributed by atoms with Gasteiger partial charge in [0.15, 0.2) is 0 Å². The van der Waals surface area contributed by atoms with Crippen molar-refractivity contribution in [3.05, 3.63) is 0 Å². The highest BCUT2D eigenvalue weighted by molar-refractivity contribution is 5.65. The first-order chi connectivity index (χ1) is 3.77. The van der Waals surface area contributed by atoms with Gasteiger partial charge in [0.25, 0.3) is 0 Å². The number of hydrogen-bond donors (Lipinski definition) is 0. The molecule has 8 heavy (non-hydrogen) atoms. The zero-order valence-electron chi connectivity index (χ0n) is 5.18. The monoisotopic (exact) mass is 116 g/mol. The summed E-state index contributed by atoms with van der Waals surface area (Å²) in [4.78, 5) is 10.1. The van der Waals surface area contributed by atoms with Crippen molar-refractivity contribution in [1.29, 1.82) is 0 Å². The molecular weight excluding hydrogens is 106 g/mol. The second-order valence-electron chi connectivity index (χ2n) is 1.38. The van der Waals surface area contributed by atoms with E-state index in [2.05, 4.69) is 10.1 Å². The Morgan fingerprint density at radius 2 is 2.38 bits per heavy atom. The van der Waals surface area contributed by atoms with Crippen LogP contribution >= 0.6 is 0 Å². The molecule has 3 heteroatoms. The number of nitrogens with zero attached hydrogens (tertiary/aromatic N) is 1. The number of ether oxygens (including phenoxy) is 1. The van der Waals surface area contributed by atoms with Gasteiger partial charge in [-0.1, -0.05) is 0 Å². The maximum atomic E-state index is 10.1. The third kappa shape index (κ3) is 5.43. The van der Waals surface area contributed by atoms with Crippen LogP contribution in [0.2, 0.25) is 0 Å². The van der Waals surface area contributed by atoms with E-state index in [9.17, 15) is 4.79 Å². The Morgan fingerprint density at radius 1 is 1.75 bits per heavy atom. The standard InChI is InChI=1S/C5H10NO2/c1-5(7)8-4-3-6-2/h3-4H2,1-2H3. The summed E-state index contributed by atoms with van der Waals surface area (Å²) in [7, 11) is 1.68. The molecule has 0 aromatic heterocycles. The van der Waals surface area contributed by atoms with Crippen LogP contribution in [0, 0.1) is 0 Å². The summed E-state index contributed by atoms with van der Waals surface area (Å²) in [5.41, 5.74) is 0. The Hall–Kier alpha value is -0.570. The van der Waals surface area contributed by atoms with E-state index in [0.29, 0.717) is 13.2 Å². The molecule has 0 spiro atoms. The second kappa shape index (κ2) is 4.59. The lowest BCUT2D eigenvalue weighted by Gasteiger charge is -1.96. The van der Waals surface area contributed by atoms with E-state index in [-0.39, 0.29) is 5.97 Å². The molecule has 0 aliphatic heterocycles. The van der Waals surface area contributed by atoms with Gasteiger partial charge in [0.05, 0.1) is 0 Å². The Labute approximate surface area is 49.0 Å². The minimum Gasteiger partial charge on any atom is -0.464 e. The molecule has 0 fully saturated rings. The topological polar surface area (TPSA) is 40.4 Å². The number of hydrogen-bond acceptors (Lipinski definition) is 2. The Bertz CT molecular complexity index is 72.8. The molecule has 0 N–H and O–H groups in total. The fraction of sp³-hybridized carbons (Fsp3) is 0.800. The van der Waals surface area contributed by atoms with Gasteiger partial charge in [0.1, 0.15) is 6.61 Å². The third-order valence-electron chi connectivity index (χ3n) is 0.620. The van der Waals surface area contributed by atoms with E-state index in [0.717, 1.165) is 0 Å². The number of likely N-dealkylation sites (N-methyl/N-ethyl adjacent to an activating group) is 1. The maximum absolute atomic E-state index is 10.1. The summed E-state index contributed by atoms with van der Waals surface area (Å²) >= 11 is 0. The average molecular weight is 116 g/mol. The molecule has 0 saturated carbocycles. The predicted octanol–water partition coefficient (Wildman–Crippen LogP) is -0.216. The van der Waals surface area contributed by atoms with Gasteiger partial charge in [-0.25, -0.2) is 5.32 Å². The lowest BCUT2D eigenvalue weighted by molar-refractivity contribution is -0.140. The van der Waals surface area contributed by atoms with E-state index in [1.807, 2.05) is 0 Å². The Balaban J connectivity index is 2.82. The quantitative estimate of drug-likeness (QED) is 0.378. The van der Waals surface area contributed by atoms with Crippen LogP contribution < -0.4 is 5.32 Å². The molecule has 0 aliphatic carbocycles. The average Bonchev–Trinajstić information content (AvgIpc) is 1.66. The largest absolute Gasteiger partial charge is 0.464 e. The first-order valence-electron chi connectivity index (χ1n) is 2.46. The summed E-state index contributed by atoms with van der Waals surface area (Å²) in [5, 5.41) is 3.73. The highest BCUT2D eigenvalue weighted by Crippen LogP contribution is 1.72. The fourth-order valence-electron chi connectivity index (χ4n) is 0.281. The van der Waals surface area contributed by atoms with Crippen molar-refractivity contribution in [3.8, 4) is 0 Å². The molecule has 0 aliphatic rings. The van der Waals surface area contributed by atoms with Crippen molar-refractivity contribution in [3.63, 3.8) is 0 Å². The second-order valence-corrected chi connectivity index (χ2v) is 1.38. The van der Waals surface area contributed by atoms with Crippen molar-refractivity contribution in [2.75, 3.05) is 20.2 Å². The molecule has 0 bridgehead atoms. The molecule has 47 valence electrons. The minimum absolute atomic E-state index is 0.242. The first-order valence-corrected chi connectivity index (χ1v) is 2.46. The Kier molecular flexibility index (Phi) is 4.26. The number of rotatable bonds is 3. The van der Waals surface area contributed by atoms with Gasteiger partial charge in [0.2, 0.25) is 0 Å². The first kappa shape index (κ1) is 7.43. The van der Waals surface area contributed by atoms with Crippen molar-refractivity contribution >= 4 is 5.97 Å². The van der Waals surface area contributed by atoms with Crippen LogP contribution in [0.15, 0.2) is 0 Å². The van der Waals surface area contributed by atoms with Gasteiger partial charge in [-0.05, 0) is 0 Å². The SMILES string of the molecule is C[N]CCOC(C)=O. The van der Waals surface area contributed by atoms with Gasteiger partial charge < -0.3 is 4.74 Å². The highest BCUT2D eigenvalue weighted by Gasteiger charge is 1.88. The Morgan fingerprint density at radius 3 is 2.75 bits per heavy atom. The smallest absolute Gasteiger partial charge is 0.302 e. The summed E-state index contributed by atoms with van der Waals surface area (Å²) in [6, 6.07) is 0. The molecule has 0 amide bonds. The number of carbonyl (C=O) groups excluding carboxylic acids is 1. The van der Waals surface area contributed by atoms with Gasteiger partial charge in [-0.15, -0.1) is 0 Å². The normalized spacial score (nSPS) is 8.75. The zero-order chi connectivity index (χ0) is 6.41. The lowest BCUT2D eigenvalue weighted by atomic mass is 10.7. The molecule has 3 nitrogen and oxygen atoms in total. The van der Waals surface area contributed by atoms with E-state index < -0.39 is 0 Å². The van der Waals surface area contributed by atoms with Crippen LogP contribution in [0.5, 0.6) is 0 Å². The fourth-order valence-corrected chi connectivity index (χ4v) is 0.281. The van der Waals surface area contributed by atoms with Gasteiger partial charge in [-0.2, -0.15) is 0 Å². The van der Waals surface area contributed by atoms with Crippen molar-refractivity contribution in [1.82, 2.24) is 5.32 Å². The van der Waals surface area contributed by atoms with E-state index >= 15 is 0 Å². The molecule has 0 rings (SSSR count). The van der Waals surface area contributed by atoms with Crippen LogP contribution in [0.1, 0.15) is 6.92 Å². The molecule has 0 heterocycles. The molecule has 0 atom stereocenters. The summed E-state index contributed by atoms with van der Waals surface area (Å²) in [6.45, 7) is 2.39. The predicted molar refractivity (Wildman–Crippen MR) is 29.6 cm³/mol. The van der Waals surface area contributed by atoms with Crippen molar-refractivity contribution in [2.24, 2.45) is 0 Å². The summed E-state index contributed by atoms with van der Waals surface area (Å²) in [5.74, 6) is -0.242. The number of esters is 1. The van der Waals surface area contributed by atoms with Crippen LogP contribution in [0.25, 0.3) is 0 Å². The van der Waals surface area contributed by atoms with Crippen LogP contribution in [0.3, 0.4) is 0 Å². The van der Waals surface area contributed by atoms with Gasteiger partial charge in [0, 0.05) is 20.5 Å². The van der Waals surface area contributed by atoms with Crippen LogP contribution in [0.4, 0.5) is 0 Å². The molecule has 0 aromatic carbocycles. The van der Waals surface area contributed by atoms with Crippen molar-refractivity contribution < 1.29 is 9.53 Å². The molecular formula is C5H10NO2. The van der Waals surface area contributed by atoms with Gasteiger partial charge >= 0.3 is 5.97 Å². The van der Waals surface area contributed by atoms with Crippen molar-refractivity contribution in [2.45, 2.75) is 6.92 Å². The lowest BCUT2D eigenvalue weighted by Crippen LogP contribution is -2.10. The van der Waals surface area contributed by atoms with E-state index in [1.54, 1.807) is 7.05 Å². The maximum Gasteiger partial charge on any atom is 0.302 e. The third-order valence-corrected chi connectivity index (χ3v) is 0.620. The molecule has 0 aromatic rings. The van der Waals surface area contributed by atoms with E-state index in [4.69, 9.17) is 0 Å². The molecule has 1 radical (unpaired) electrons. The van der Waals surface area contributed by atoms with Crippen LogP contribution in [-0.2, 0) is 9.53 Å². The van der Waals surface area contributed by atoms with Crippen LogP contribution in [-0.4, -0.2) is 26.2 Å². The summed E-state index contributed by atoms with van der Waals surface area (Å²) in [6.07, 6.45) is 0. The number of carbonyl (C=O) groups is 1. The minimum atomic E-state index is -0.242. The van der Waals surface area contributed by atoms with E-state index in [1.165, 1.54) is 6.92 Å². The van der Waals surface area contributed by atoms with Gasteiger partial charge in [-0.3, -0.25) is 4.79 Å². The highest BCUT2D eigenvalue weighted by atomic mass is 16.5. The summed E-state index contributed by atoms with van der Waals surface area (Å²) < 4.78 is 4.55. The molecule has 0 saturated heterocycles. The molecule has 0 unspecified atom stereocenters.